The molecule has 0 aliphatic rings. The van der Waals surface area contributed by atoms with E-state index in [1.165, 1.54) is 11.1 Å². The highest BCUT2D eigenvalue weighted by Gasteiger charge is 2.10. The molecule has 2 nitrogen and oxygen atoms in total. The van der Waals surface area contributed by atoms with Crippen molar-refractivity contribution in [2.45, 2.75) is 12.8 Å². The number of aromatic hydroxyl groups is 1. The zero-order valence-corrected chi connectivity index (χ0v) is 13.2. The molecule has 0 bridgehead atoms. The normalized spacial score (nSPS) is 12.3. The van der Waals surface area contributed by atoms with Crippen LogP contribution in [0.25, 0.3) is 0 Å². The van der Waals surface area contributed by atoms with Gasteiger partial charge in [0.2, 0.25) is 0 Å². The Bertz CT molecular complexity index is 539. The van der Waals surface area contributed by atoms with E-state index in [0.29, 0.717) is 11.7 Å². The molecule has 2 rings (SSSR count). The molecule has 0 heterocycles. The molecule has 0 fully saturated rings. The van der Waals surface area contributed by atoms with E-state index >= 15 is 0 Å². The Morgan fingerprint density at radius 1 is 1.05 bits per heavy atom. The molecular formula is C17H20BrNO. The molecule has 3 heteroatoms. The van der Waals surface area contributed by atoms with Crippen molar-refractivity contribution in [2.24, 2.45) is 5.92 Å². The quantitative estimate of drug-likeness (QED) is 0.843. The molecule has 2 aromatic rings. The van der Waals surface area contributed by atoms with Crippen LogP contribution in [0.5, 0.6) is 5.75 Å². The Balaban J connectivity index is 2.05. The van der Waals surface area contributed by atoms with Crippen LogP contribution in [-0.2, 0) is 12.8 Å². The number of nitrogens with one attached hydrogen (secondary N) is 1. The standard InChI is InChI=1S/C17H20BrNO/c1-19-12-15(9-13-5-7-16(18)8-6-13)10-14-3-2-4-17(20)11-14/h2-8,11,15,19-20H,9-10,12H2,1H3. The predicted molar refractivity (Wildman–Crippen MR) is 87.1 cm³/mol. The molecule has 1 atom stereocenters. The molecule has 0 aromatic heterocycles. The Morgan fingerprint density at radius 3 is 2.40 bits per heavy atom. The highest BCUT2D eigenvalue weighted by Crippen LogP contribution is 2.19. The van der Waals surface area contributed by atoms with Crippen molar-refractivity contribution in [1.82, 2.24) is 5.32 Å². The molecule has 0 saturated carbocycles. The lowest BCUT2D eigenvalue weighted by Crippen LogP contribution is -2.22. The summed E-state index contributed by atoms with van der Waals surface area (Å²) in [6.07, 6.45) is 2.00. The van der Waals surface area contributed by atoms with Crippen molar-refractivity contribution >= 4 is 15.9 Å². The SMILES string of the molecule is CNCC(Cc1ccc(Br)cc1)Cc1cccc(O)c1. The van der Waals surface area contributed by atoms with Gasteiger partial charge in [-0.25, -0.2) is 0 Å². The highest BCUT2D eigenvalue weighted by atomic mass is 79.9. The number of halogens is 1. The van der Waals surface area contributed by atoms with Gasteiger partial charge in [0.15, 0.2) is 0 Å². The summed E-state index contributed by atoms with van der Waals surface area (Å²) in [5, 5.41) is 12.8. The lowest BCUT2D eigenvalue weighted by molar-refractivity contribution is 0.469. The van der Waals surface area contributed by atoms with Crippen molar-refractivity contribution in [3.05, 3.63) is 64.1 Å². The van der Waals surface area contributed by atoms with Crippen molar-refractivity contribution in [1.29, 1.82) is 0 Å². The maximum Gasteiger partial charge on any atom is 0.115 e. The molecule has 20 heavy (non-hydrogen) atoms. The number of benzene rings is 2. The van der Waals surface area contributed by atoms with Crippen LogP contribution in [0, 0.1) is 5.92 Å². The van der Waals surface area contributed by atoms with Crippen molar-refractivity contribution < 1.29 is 5.11 Å². The second-order valence-electron chi connectivity index (χ2n) is 5.13. The van der Waals surface area contributed by atoms with Gasteiger partial charge >= 0.3 is 0 Å². The van der Waals surface area contributed by atoms with E-state index in [0.717, 1.165) is 23.9 Å². The van der Waals surface area contributed by atoms with Gasteiger partial charge in [0.25, 0.3) is 0 Å². The third-order valence-electron chi connectivity index (χ3n) is 3.37. The maximum absolute atomic E-state index is 9.56. The van der Waals surface area contributed by atoms with Crippen molar-refractivity contribution in [3.8, 4) is 5.75 Å². The first kappa shape index (κ1) is 15.1. The lowest BCUT2D eigenvalue weighted by atomic mass is 9.92. The predicted octanol–water partition coefficient (Wildman–Crippen LogP) is 3.78. The van der Waals surface area contributed by atoms with E-state index in [4.69, 9.17) is 0 Å². The molecule has 1 unspecified atom stereocenters. The zero-order chi connectivity index (χ0) is 14.4. The summed E-state index contributed by atoms with van der Waals surface area (Å²) in [4.78, 5) is 0. The molecule has 106 valence electrons. The summed E-state index contributed by atoms with van der Waals surface area (Å²) >= 11 is 3.46. The fourth-order valence-corrected chi connectivity index (χ4v) is 2.74. The maximum atomic E-state index is 9.56. The van der Waals surface area contributed by atoms with Crippen LogP contribution in [0.4, 0.5) is 0 Å². The lowest BCUT2D eigenvalue weighted by Gasteiger charge is -2.17. The number of hydrogen-bond donors (Lipinski definition) is 2. The fraction of sp³-hybridized carbons (Fsp3) is 0.294. The Hall–Kier alpha value is -1.32. The Morgan fingerprint density at radius 2 is 1.75 bits per heavy atom. The first-order valence-electron chi connectivity index (χ1n) is 6.84. The monoisotopic (exact) mass is 333 g/mol. The molecule has 0 amide bonds. The largest absolute Gasteiger partial charge is 0.508 e. The van der Waals surface area contributed by atoms with Gasteiger partial charge in [0, 0.05) is 4.47 Å². The van der Waals surface area contributed by atoms with Gasteiger partial charge < -0.3 is 10.4 Å². The third-order valence-corrected chi connectivity index (χ3v) is 3.89. The van der Waals surface area contributed by atoms with Crippen LogP contribution < -0.4 is 5.32 Å². The molecule has 2 N–H and O–H groups in total. The minimum absolute atomic E-state index is 0.342. The average Bonchev–Trinajstić information content (AvgIpc) is 2.42. The average molecular weight is 334 g/mol. The second kappa shape index (κ2) is 7.46. The van der Waals surface area contributed by atoms with Gasteiger partial charge in [-0.2, -0.15) is 0 Å². The van der Waals surface area contributed by atoms with Crippen molar-refractivity contribution in [3.63, 3.8) is 0 Å². The van der Waals surface area contributed by atoms with Crippen LogP contribution in [0.1, 0.15) is 11.1 Å². The topological polar surface area (TPSA) is 32.3 Å². The van der Waals surface area contributed by atoms with E-state index in [9.17, 15) is 5.11 Å². The van der Waals surface area contributed by atoms with Crippen LogP contribution in [0.2, 0.25) is 0 Å². The summed E-state index contributed by atoms with van der Waals surface area (Å²) < 4.78 is 1.11. The first-order valence-corrected chi connectivity index (χ1v) is 7.63. The minimum Gasteiger partial charge on any atom is -0.508 e. The number of phenolic OH excluding ortho intramolecular Hbond substituents is 1. The number of rotatable bonds is 6. The molecule has 0 aliphatic heterocycles. The summed E-state index contributed by atoms with van der Waals surface area (Å²) in [7, 11) is 1.98. The summed E-state index contributed by atoms with van der Waals surface area (Å²) in [5.74, 6) is 0.859. The van der Waals surface area contributed by atoms with E-state index < -0.39 is 0 Å². The van der Waals surface area contributed by atoms with E-state index in [1.807, 2.05) is 19.2 Å². The molecule has 0 spiro atoms. The summed E-state index contributed by atoms with van der Waals surface area (Å²) in [5.41, 5.74) is 2.52. The van der Waals surface area contributed by atoms with E-state index in [-0.39, 0.29) is 0 Å². The number of phenols is 1. The van der Waals surface area contributed by atoms with Gasteiger partial charge in [-0.05, 0) is 67.7 Å². The van der Waals surface area contributed by atoms with Gasteiger partial charge in [0.1, 0.15) is 5.75 Å². The third kappa shape index (κ3) is 4.66. The van der Waals surface area contributed by atoms with E-state index in [2.05, 4.69) is 51.6 Å². The van der Waals surface area contributed by atoms with Gasteiger partial charge in [-0.1, -0.05) is 40.2 Å². The highest BCUT2D eigenvalue weighted by molar-refractivity contribution is 9.10. The zero-order valence-electron chi connectivity index (χ0n) is 11.6. The fourth-order valence-electron chi connectivity index (χ4n) is 2.48. The Labute approximate surface area is 129 Å². The van der Waals surface area contributed by atoms with Crippen molar-refractivity contribution in [2.75, 3.05) is 13.6 Å². The first-order chi connectivity index (χ1) is 9.67. The summed E-state index contributed by atoms with van der Waals surface area (Å²) in [6, 6.07) is 16.0. The molecule has 0 saturated heterocycles. The van der Waals surface area contributed by atoms with Crippen LogP contribution >= 0.6 is 15.9 Å². The number of hydrogen-bond acceptors (Lipinski definition) is 2. The van der Waals surface area contributed by atoms with Crippen LogP contribution in [-0.4, -0.2) is 18.7 Å². The van der Waals surface area contributed by atoms with E-state index in [1.54, 1.807) is 6.07 Å². The van der Waals surface area contributed by atoms with Gasteiger partial charge in [-0.15, -0.1) is 0 Å². The van der Waals surface area contributed by atoms with Gasteiger partial charge in [-0.3, -0.25) is 0 Å². The smallest absolute Gasteiger partial charge is 0.115 e. The molecule has 2 aromatic carbocycles. The van der Waals surface area contributed by atoms with Crippen LogP contribution in [0.15, 0.2) is 53.0 Å². The second-order valence-corrected chi connectivity index (χ2v) is 6.04. The van der Waals surface area contributed by atoms with Crippen LogP contribution in [0.3, 0.4) is 0 Å². The van der Waals surface area contributed by atoms with Gasteiger partial charge in [0.05, 0.1) is 0 Å². The molecular weight excluding hydrogens is 314 g/mol. The molecule has 0 radical (unpaired) electrons. The minimum atomic E-state index is 0.342. The molecule has 0 aliphatic carbocycles. The summed E-state index contributed by atoms with van der Waals surface area (Å²) in [6.45, 7) is 0.964. The Kier molecular flexibility index (Phi) is 5.62.